The summed E-state index contributed by atoms with van der Waals surface area (Å²) in [4.78, 5) is 12.4. The Hall–Kier alpha value is -2.09. The fraction of sp³-hybridized carbons (Fsp3) is 0.188. The molecule has 0 heterocycles. The Bertz CT molecular complexity index is 570. The fourth-order valence-corrected chi connectivity index (χ4v) is 2.01. The maximum absolute atomic E-state index is 12.4. The van der Waals surface area contributed by atoms with E-state index in [9.17, 15) is 4.79 Å². The molecule has 0 aliphatic rings. The van der Waals surface area contributed by atoms with Crippen LogP contribution in [0.15, 0.2) is 42.5 Å². The molecule has 0 spiro atoms. The lowest BCUT2D eigenvalue weighted by atomic mass is 9.97. The highest BCUT2D eigenvalue weighted by Gasteiger charge is 2.11. The van der Waals surface area contributed by atoms with Crippen molar-refractivity contribution >= 4 is 11.5 Å². The van der Waals surface area contributed by atoms with E-state index in [0.717, 1.165) is 22.4 Å². The minimum atomic E-state index is 0.0788. The summed E-state index contributed by atoms with van der Waals surface area (Å²) >= 11 is 0. The third kappa shape index (κ3) is 2.43. The Morgan fingerprint density at radius 1 is 1.00 bits per heavy atom. The van der Waals surface area contributed by atoms with Gasteiger partial charge in [-0.3, -0.25) is 4.79 Å². The molecule has 2 nitrogen and oxygen atoms in total. The molecule has 0 bridgehead atoms. The largest absolute Gasteiger partial charge is 0.388 e. The lowest BCUT2D eigenvalue weighted by Crippen LogP contribution is -2.04. The number of anilines is 1. The lowest BCUT2D eigenvalue weighted by Gasteiger charge is -2.07. The summed E-state index contributed by atoms with van der Waals surface area (Å²) in [5.41, 5.74) is 4.71. The van der Waals surface area contributed by atoms with E-state index >= 15 is 0 Å². The second-order valence-electron chi connectivity index (χ2n) is 4.47. The van der Waals surface area contributed by atoms with Crippen LogP contribution in [0.2, 0.25) is 0 Å². The zero-order valence-electron chi connectivity index (χ0n) is 10.9. The van der Waals surface area contributed by atoms with Gasteiger partial charge in [-0.25, -0.2) is 0 Å². The summed E-state index contributed by atoms with van der Waals surface area (Å²) in [6.45, 7) is 4.01. The van der Waals surface area contributed by atoms with Crippen LogP contribution in [0.4, 0.5) is 5.69 Å². The van der Waals surface area contributed by atoms with Crippen molar-refractivity contribution in [1.82, 2.24) is 0 Å². The van der Waals surface area contributed by atoms with Crippen molar-refractivity contribution in [2.75, 3.05) is 12.4 Å². The number of nitrogens with one attached hydrogen (secondary N) is 1. The van der Waals surface area contributed by atoms with Crippen molar-refractivity contribution in [3.8, 4) is 0 Å². The van der Waals surface area contributed by atoms with Gasteiger partial charge in [-0.15, -0.1) is 0 Å². The van der Waals surface area contributed by atoms with Crippen LogP contribution in [0.5, 0.6) is 0 Å². The second-order valence-corrected chi connectivity index (χ2v) is 4.47. The molecule has 0 atom stereocenters. The highest BCUT2D eigenvalue weighted by Crippen LogP contribution is 2.17. The zero-order chi connectivity index (χ0) is 13.1. The summed E-state index contributed by atoms with van der Waals surface area (Å²) < 4.78 is 0. The first-order chi connectivity index (χ1) is 8.61. The normalized spacial score (nSPS) is 10.2. The molecule has 0 unspecified atom stereocenters. The van der Waals surface area contributed by atoms with Crippen LogP contribution in [-0.2, 0) is 0 Å². The van der Waals surface area contributed by atoms with Gasteiger partial charge < -0.3 is 5.32 Å². The van der Waals surface area contributed by atoms with Crippen LogP contribution in [0.25, 0.3) is 0 Å². The molecule has 2 aromatic carbocycles. The monoisotopic (exact) mass is 239 g/mol. The molecule has 2 heteroatoms. The molecule has 0 saturated carbocycles. The van der Waals surface area contributed by atoms with Crippen LogP contribution in [0.3, 0.4) is 0 Å². The Kier molecular flexibility index (Phi) is 3.47. The van der Waals surface area contributed by atoms with E-state index in [1.807, 2.05) is 63.4 Å². The predicted octanol–water partition coefficient (Wildman–Crippen LogP) is 3.58. The van der Waals surface area contributed by atoms with Crippen molar-refractivity contribution in [1.29, 1.82) is 0 Å². The molecule has 0 aliphatic carbocycles. The van der Waals surface area contributed by atoms with E-state index < -0.39 is 0 Å². The number of ketones is 1. The molecule has 0 aliphatic heterocycles. The number of carbonyl (C=O) groups excluding carboxylic acids is 1. The molecule has 18 heavy (non-hydrogen) atoms. The summed E-state index contributed by atoms with van der Waals surface area (Å²) in [5.74, 6) is 0.0788. The van der Waals surface area contributed by atoms with Crippen molar-refractivity contribution in [2.45, 2.75) is 13.8 Å². The van der Waals surface area contributed by atoms with Gasteiger partial charge in [0.15, 0.2) is 5.78 Å². The summed E-state index contributed by atoms with van der Waals surface area (Å²) in [7, 11) is 1.86. The Labute approximate surface area is 108 Å². The van der Waals surface area contributed by atoms with E-state index in [1.165, 1.54) is 5.56 Å². The third-order valence-electron chi connectivity index (χ3n) is 3.06. The minimum Gasteiger partial charge on any atom is -0.388 e. The van der Waals surface area contributed by atoms with E-state index in [2.05, 4.69) is 5.32 Å². The minimum absolute atomic E-state index is 0.0788. The van der Waals surface area contributed by atoms with Crippen LogP contribution < -0.4 is 5.32 Å². The summed E-state index contributed by atoms with van der Waals surface area (Å²) in [6, 6.07) is 13.4. The van der Waals surface area contributed by atoms with E-state index in [-0.39, 0.29) is 5.78 Å². The second kappa shape index (κ2) is 5.05. The molecule has 0 saturated heterocycles. The van der Waals surface area contributed by atoms with Crippen LogP contribution in [0, 0.1) is 13.8 Å². The van der Waals surface area contributed by atoms with E-state index in [0.29, 0.717) is 0 Å². The molecular formula is C16H17NO. The first-order valence-electron chi connectivity index (χ1n) is 6.01. The van der Waals surface area contributed by atoms with E-state index in [1.54, 1.807) is 0 Å². The van der Waals surface area contributed by atoms with Gasteiger partial charge in [0.25, 0.3) is 0 Å². The number of aryl methyl sites for hydroxylation is 2. The van der Waals surface area contributed by atoms with Gasteiger partial charge in [-0.1, -0.05) is 23.8 Å². The molecular weight excluding hydrogens is 222 g/mol. The van der Waals surface area contributed by atoms with Crippen LogP contribution >= 0.6 is 0 Å². The Morgan fingerprint density at radius 2 is 1.67 bits per heavy atom. The molecule has 0 fully saturated rings. The fourth-order valence-electron chi connectivity index (χ4n) is 2.01. The molecule has 0 radical (unpaired) electrons. The number of benzene rings is 2. The first kappa shape index (κ1) is 12.4. The lowest BCUT2D eigenvalue weighted by molar-refractivity contribution is 0.103. The van der Waals surface area contributed by atoms with Crippen molar-refractivity contribution in [2.24, 2.45) is 0 Å². The topological polar surface area (TPSA) is 29.1 Å². The Morgan fingerprint density at radius 3 is 2.22 bits per heavy atom. The average molecular weight is 239 g/mol. The van der Waals surface area contributed by atoms with Crippen LogP contribution in [0.1, 0.15) is 27.0 Å². The predicted molar refractivity (Wildman–Crippen MR) is 75.3 cm³/mol. The zero-order valence-corrected chi connectivity index (χ0v) is 10.9. The molecule has 2 aromatic rings. The van der Waals surface area contributed by atoms with Crippen molar-refractivity contribution in [3.63, 3.8) is 0 Å². The van der Waals surface area contributed by atoms with Gasteiger partial charge in [-0.05, 0) is 43.7 Å². The van der Waals surface area contributed by atoms with Gasteiger partial charge in [0.05, 0.1) is 0 Å². The molecule has 92 valence electrons. The number of carbonyl (C=O) groups is 1. The molecule has 1 N–H and O–H groups in total. The van der Waals surface area contributed by atoms with Crippen LogP contribution in [-0.4, -0.2) is 12.8 Å². The maximum atomic E-state index is 12.4. The standard InChI is InChI=1S/C16H17NO/c1-11-4-9-15(12(2)10-11)16(18)13-5-7-14(17-3)8-6-13/h4-10,17H,1-3H3. The maximum Gasteiger partial charge on any atom is 0.193 e. The molecule has 0 amide bonds. The van der Waals surface area contributed by atoms with Gasteiger partial charge in [0.2, 0.25) is 0 Å². The highest BCUT2D eigenvalue weighted by atomic mass is 16.1. The average Bonchev–Trinajstić information content (AvgIpc) is 2.38. The molecule has 2 rings (SSSR count). The number of hydrogen-bond acceptors (Lipinski definition) is 2. The van der Waals surface area contributed by atoms with Gasteiger partial charge in [-0.2, -0.15) is 0 Å². The first-order valence-corrected chi connectivity index (χ1v) is 6.01. The third-order valence-corrected chi connectivity index (χ3v) is 3.06. The smallest absolute Gasteiger partial charge is 0.193 e. The molecule has 0 aromatic heterocycles. The van der Waals surface area contributed by atoms with E-state index in [4.69, 9.17) is 0 Å². The van der Waals surface area contributed by atoms with Crippen molar-refractivity contribution < 1.29 is 4.79 Å². The SMILES string of the molecule is CNc1ccc(C(=O)c2ccc(C)cc2C)cc1. The Balaban J connectivity index is 2.35. The quantitative estimate of drug-likeness (QED) is 0.829. The van der Waals surface area contributed by atoms with Gasteiger partial charge in [0, 0.05) is 23.9 Å². The summed E-state index contributed by atoms with van der Waals surface area (Å²) in [6.07, 6.45) is 0. The number of hydrogen-bond donors (Lipinski definition) is 1. The summed E-state index contributed by atoms with van der Waals surface area (Å²) in [5, 5.41) is 3.04. The highest BCUT2D eigenvalue weighted by molar-refractivity contribution is 6.10. The van der Waals surface area contributed by atoms with Gasteiger partial charge in [0.1, 0.15) is 0 Å². The van der Waals surface area contributed by atoms with Crippen molar-refractivity contribution in [3.05, 3.63) is 64.7 Å². The number of rotatable bonds is 3. The van der Waals surface area contributed by atoms with Gasteiger partial charge >= 0.3 is 0 Å².